The van der Waals surface area contributed by atoms with Crippen LogP contribution in [0.2, 0.25) is 0 Å². The molecule has 0 N–H and O–H groups in total. The fourth-order valence-corrected chi connectivity index (χ4v) is 2.43. The van der Waals surface area contributed by atoms with Gasteiger partial charge in [-0.3, -0.25) is 0 Å². The summed E-state index contributed by atoms with van der Waals surface area (Å²) in [5, 5.41) is 0. The number of nitrogens with zero attached hydrogens (tertiary/aromatic N) is 1. The minimum atomic E-state index is -0.366. The van der Waals surface area contributed by atoms with Gasteiger partial charge in [0, 0.05) is 6.92 Å². The zero-order valence-corrected chi connectivity index (χ0v) is 12.9. The van der Waals surface area contributed by atoms with Crippen LogP contribution in [0, 0.1) is 13.8 Å². The van der Waals surface area contributed by atoms with E-state index in [-0.39, 0.29) is 18.3 Å². The van der Waals surface area contributed by atoms with Crippen LogP contribution in [-0.4, -0.2) is 23.3 Å². The zero-order valence-electron chi connectivity index (χ0n) is 12.9. The summed E-state index contributed by atoms with van der Waals surface area (Å²) in [6.45, 7) is 12.1. The highest BCUT2D eigenvalue weighted by Crippen LogP contribution is 2.36. The van der Waals surface area contributed by atoms with E-state index in [0.29, 0.717) is 5.89 Å². The van der Waals surface area contributed by atoms with Gasteiger partial charge in [-0.25, -0.2) is 4.98 Å². The molecule has 1 fully saturated rings. The number of aryl methyl sites for hydroxylation is 2. The van der Waals surface area contributed by atoms with Crippen molar-refractivity contribution >= 4 is 23.7 Å². The second-order valence-corrected chi connectivity index (χ2v) is 6.50. The topological polar surface area (TPSA) is 44.5 Å². The molecule has 3 rings (SSSR count). The third kappa shape index (κ3) is 1.96. The Kier molecular flexibility index (Phi) is 2.79. The van der Waals surface area contributed by atoms with Crippen molar-refractivity contribution in [2.45, 2.75) is 52.7 Å². The molecule has 0 unspecified atom stereocenters. The average molecular weight is 273 g/mol. The van der Waals surface area contributed by atoms with E-state index in [4.69, 9.17) is 13.7 Å². The molecular formula is C15H20BNO3. The lowest BCUT2D eigenvalue weighted by Crippen LogP contribution is -2.41. The first kappa shape index (κ1) is 13.6. The van der Waals surface area contributed by atoms with Crippen LogP contribution in [0.1, 0.15) is 39.1 Å². The van der Waals surface area contributed by atoms with Crippen LogP contribution in [0.15, 0.2) is 16.5 Å². The molecule has 0 amide bonds. The van der Waals surface area contributed by atoms with Gasteiger partial charge in [0.2, 0.25) is 0 Å². The highest BCUT2D eigenvalue weighted by Gasteiger charge is 2.52. The van der Waals surface area contributed by atoms with Crippen molar-refractivity contribution in [3.63, 3.8) is 0 Å². The lowest BCUT2D eigenvalue weighted by atomic mass is 9.76. The number of hydrogen-bond donors (Lipinski definition) is 0. The van der Waals surface area contributed by atoms with Gasteiger partial charge in [0.1, 0.15) is 5.52 Å². The molecule has 1 aromatic carbocycles. The summed E-state index contributed by atoms with van der Waals surface area (Å²) < 4.78 is 17.8. The fraction of sp³-hybridized carbons (Fsp3) is 0.533. The molecule has 2 heterocycles. The summed E-state index contributed by atoms with van der Waals surface area (Å²) in [4.78, 5) is 4.35. The first-order valence-corrected chi connectivity index (χ1v) is 6.93. The third-order valence-electron chi connectivity index (χ3n) is 4.39. The Labute approximate surface area is 119 Å². The fourth-order valence-electron chi connectivity index (χ4n) is 2.43. The van der Waals surface area contributed by atoms with Gasteiger partial charge in [0.15, 0.2) is 11.5 Å². The summed E-state index contributed by atoms with van der Waals surface area (Å²) >= 11 is 0. The monoisotopic (exact) mass is 273 g/mol. The molecule has 0 spiro atoms. The van der Waals surface area contributed by atoms with E-state index in [1.165, 1.54) is 0 Å². The van der Waals surface area contributed by atoms with E-state index in [9.17, 15) is 0 Å². The molecule has 0 saturated carbocycles. The molecule has 4 nitrogen and oxygen atoms in total. The van der Waals surface area contributed by atoms with Gasteiger partial charge in [-0.05, 0) is 57.8 Å². The molecule has 106 valence electrons. The highest BCUT2D eigenvalue weighted by molar-refractivity contribution is 6.62. The van der Waals surface area contributed by atoms with E-state index in [0.717, 1.165) is 22.1 Å². The van der Waals surface area contributed by atoms with Crippen molar-refractivity contribution in [3.05, 3.63) is 23.6 Å². The molecule has 2 aromatic rings. The number of benzene rings is 1. The van der Waals surface area contributed by atoms with Gasteiger partial charge in [-0.2, -0.15) is 0 Å². The molecule has 1 saturated heterocycles. The van der Waals surface area contributed by atoms with Gasteiger partial charge in [0.05, 0.1) is 11.2 Å². The first-order valence-electron chi connectivity index (χ1n) is 6.93. The molecule has 0 radical (unpaired) electrons. The molecule has 1 aliphatic rings. The van der Waals surface area contributed by atoms with E-state index >= 15 is 0 Å². The van der Waals surface area contributed by atoms with Crippen LogP contribution in [0.4, 0.5) is 0 Å². The molecular weight excluding hydrogens is 253 g/mol. The number of oxazole rings is 1. The smallest absolute Gasteiger partial charge is 0.441 e. The number of fused-ring (bicyclic) bond motifs is 1. The Balaban J connectivity index is 2.05. The van der Waals surface area contributed by atoms with E-state index in [2.05, 4.69) is 32.7 Å². The summed E-state index contributed by atoms with van der Waals surface area (Å²) in [5.74, 6) is 0.672. The van der Waals surface area contributed by atoms with Crippen LogP contribution >= 0.6 is 0 Å². The van der Waals surface area contributed by atoms with Crippen LogP contribution in [0.3, 0.4) is 0 Å². The van der Waals surface area contributed by atoms with Crippen LogP contribution in [0.5, 0.6) is 0 Å². The molecule has 1 aromatic heterocycles. The van der Waals surface area contributed by atoms with Gasteiger partial charge >= 0.3 is 7.12 Å². The van der Waals surface area contributed by atoms with Gasteiger partial charge in [-0.15, -0.1) is 0 Å². The molecule has 0 aliphatic carbocycles. The molecule has 0 atom stereocenters. The predicted octanol–water partition coefficient (Wildman–Crippen LogP) is 2.74. The maximum absolute atomic E-state index is 6.10. The Morgan fingerprint density at radius 3 is 2.20 bits per heavy atom. The molecule has 5 heteroatoms. The van der Waals surface area contributed by atoms with E-state index < -0.39 is 0 Å². The summed E-state index contributed by atoms with van der Waals surface area (Å²) in [7, 11) is -0.366. The summed E-state index contributed by atoms with van der Waals surface area (Å²) in [6.07, 6.45) is 0. The van der Waals surface area contributed by atoms with Crippen molar-refractivity contribution in [1.29, 1.82) is 0 Å². The Morgan fingerprint density at radius 2 is 1.60 bits per heavy atom. The number of rotatable bonds is 1. The minimum absolute atomic E-state index is 0.337. The standard InChI is InChI=1S/C15H20BNO3/c1-9-7-12-13(18-10(2)17-12)8-11(9)16-19-14(3,4)15(5,6)20-16/h7-8H,1-6H3. The molecule has 1 aliphatic heterocycles. The van der Waals surface area contributed by atoms with Crippen LogP contribution < -0.4 is 5.46 Å². The Morgan fingerprint density at radius 1 is 1.00 bits per heavy atom. The van der Waals surface area contributed by atoms with Gasteiger partial charge in [0.25, 0.3) is 0 Å². The maximum Gasteiger partial charge on any atom is 0.495 e. The number of aromatic nitrogens is 1. The lowest BCUT2D eigenvalue weighted by Gasteiger charge is -2.32. The van der Waals surface area contributed by atoms with Crippen molar-refractivity contribution in [1.82, 2.24) is 4.98 Å². The largest absolute Gasteiger partial charge is 0.495 e. The van der Waals surface area contributed by atoms with Gasteiger partial charge in [-0.1, -0.05) is 0 Å². The molecule has 20 heavy (non-hydrogen) atoms. The number of hydrogen-bond acceptors (Lipinski definition) is 4. The van der Waals surface area contributed by atoms with Gasteiger partial charge < -0.3 is 13.7 Å². The maximum atomic E-state index is 6.10. The Bertz CT molecular complexity index is 659. The lowest BCUT2D eigenvalue weighted by molar-refractivity contribution is 0.00578. The van der Waals surface area contributed by atoms with Crippen LogP contribution in [0.25, 0.3) is 11.1 Å². The summed E-state index contributed by atoms with van der Waals surface area (Å²) in [6, 6.07) is 4.00. The zero-order chi connectivity index (χ0) is 14.7. The van der Waals surface area contributed by atoms with E-state index in [1.54, 1.807) is 0 Å². The predicted molar refractivity (Wildman–Crippen MR) is 79.2 cm³/mol. The second kappa shape index (κ2) is 4.09. The minimum Gasteiger partial charge on any atom is -0.441 e. The van der Waals surface area contributed by atoms with Crippen molar-refractivity contribution < 1.29 is 13.7 Å². The normalized spacial score (nSPS) is 20.8. The second-order valence-electron chi connectivity index (χ2n) is 6.50. The molecule has 0 bridgehead atoms. The quantitative estimate of drug-likeness (QED) is 0.749. The SMILES string of the molecule is Cc1nc2cc(C)c(B3OC(C)(C)C(C)(C)O3)cc2o1. The van der Waals surface area contributed by atoms with Crippen molar-refractivity contribution in [2.24, 2.45) is 0 Å². The summed E-state index contributed by atoms with van der Waals surface area (Å²) in [5.41, 5.74) is 3.09. The third-order valence-corrected chi connectivity index (χ3v) is 4.39. The Hall–Kier alpha value is -1.33. The van der Waals surface area contributed by atoms with Crippen molar-refractivity contribution in [2.75, 3.05) is 0 Å². The highest BCUT2D eigenvalue weighted by atomic mass is 16.7. The van der Waals surface area contributed by atoms with Crippen LogP contribution in [-0.2, 0) is 9.31 Å². The van der Waals surface area contributed by atoms with E-state index in [1.807, 2.05) is 26.0 Å². The first-order chi connectivity index (χ1) is 9.19. The van der Waals surface area contributed by atoms with Crippen molar-refractivity contribution in [3.8, 4) is 0 Å². The average Bonchev–Trinajstić information content (AvgIpc) is 2.74.